The highest BCUT2D eigenvalue weighted by molar-refractivity contribution is 6.33. The Morgan fingerprint density at radius 1 is 0.348 bits per heavy atom. The third kappa shape index (κ3) is 3.45. The van der Waals surface area contributed by atoms with Crippen LogP contribution >= 0.6 is 0 Å². The Kier molecular flexibility index (Phi) is 5.08. The molecule has 0 fully saturated rings. The van der Waals surface area contributed by atoms with E-state index in [4.69, 9.17) is 0 Å². The summed E-state index contributed by atoms with van der Waals surface area (Å²) in [7, 11) is 0. The van der Waals surface area contributed by atoms with Crippen molar-refractivity contribution in [2.24, 2.45) is 0 Å². The highest BCUT2D eigenvalue weighted by atomic mass is 14.3. The van der Waals surface area contributed by atoms with Crippen molar-refractivity contribution < 1.29 is 0 Å². The summed E-state index contributed by atoms with van der Waals surface area (Å²) in [6.07, 6.45) is 0. The van der Waals surface area contributed by atoms with Gasteiger partial charge in [0.25, 0.3) is 0 Å². The first kappa shape index (κ1) is 25.8. The molecule has 0 nitrogen and oxygen atoms in total. The highest BCUT2D eigenvalue weighted by Crippen LogP contribution is 2.55. The lowest BCUT2D eigenvalue weighted by Gasteiger charge is -2.22. The lowest BCUT2D eigenvalue weighted by atomic mass is 9.82. The maximum atomic E-state index is 2.52. The molecule has 0 heterocycles. The Morgan fingerprint density at radius 3 is 1.48 bits per heavy atom. The van der Waals surface area contributed by atoms with Crippen molar-refractivity contribution in [1.29, 1.82) is 0 Å². The predicted octanol–water partition coefficient (Wildman–Crippen LogP) is 13.2. The Morgan fingerprint density at radius 2 is 0.870 bits per heavy atom. The van der Waals surface area contributed by atoms with Crippen molar-refractivity contribution in [3.63, 3.8) is 0 Å². The maximum Gasteiger partial charge on any atom is -0.00137 e. The molecule has 0 aliphatic heterocycles. The van der Waals surface area contributed by atoms with E-state index in [1.54, 1.807) is 0 Å². The fourth-order valence-corrected chi connectivity index (χ4v) is 8.31. The fraction of sp³-hybridized carbons (Fsp3) is 0.0870. The average molecular weight is 585 g/mol. The number of fused-ring (bicyclic) bond motifs is 5. The van der Waals surface area contributed by atoms with E-state index in [9.17, 15) is 0 Å². The standard InChI is InChI=1S/C46H32/c1-46(2,3)32-22-30-19-18-29-20-21-35-36-25-39-40(26-37(36)38-24-31(23-32)41(30)44(29)45(35)38)43(28-14-8-5-9-15-28)34-17-11-10-16-33(34)42(39)27-12-6-4-7-13-27/h4-26H,1-3H3. The first-order chi connectivity index (χ1) is 22.5. The van der Waals surface area contributed by atoms with Gasteiger partial charge in [-0.3, -0.25) is 0 Å². The molecule has 0 bridgehead atoms. The molecule has 0 N–H and O–H groups in total. The molecule has 0 amide bonds. The van der Waals surface area contributed by atoms with Crippen molar-refractivity contribution in [3.05, 3.63) is 145 Å². The molecule has 0 unspecified atom stereocenters. The van der Waals surface area contributed by atoms with Crippen LogP contribution in [0.5, 0.6) is 0 Å². The molecule has 0 saturated heterocycles. The SMILES string of the molecule is CC(C)(C)c1cc2ccc3ccc4c5c(cc(c1)c2c35)-c1cc2c(-c3ccccc3)c3ccccc3c(-c3ccccc3)c2cc1-4. The largest absolute Gasteiger partial charge is 0.0622 e. The highest BCUT2D eigenvalue weighted by Gasteiger charge is 2.28. The minimum Gasteiger partial charge on any atom is -0.0622 e. The van der Waals surface area contributed by atoms with Crippen LogP contribution in [0.2, 0.25) is 0 Å². The van der Waals surface area contributed by atoms with Crippen molar-refractivity contribution in [2.75, 3.05) is 0 Å². The van der Waals surface area contributed by atoms with Crippen LogP contribution in [-0.4, -0.2) is 0 Å². The monoisotopic (exact) mass is 584 g/mol. The van der Waals surface area contributed by atoms with Gasteiger partial charge in [0.1, 0.15) is 0 Å². The van der Waals surface area contributed by atoms with Crippen molar-refractivity contribution in [1.82, 2.24) is 0 Å². The van der Waals surface area contributed by atoms with E-state index in [1.165, 1.54) is 104 Å². The number of benzene rings is 9. The molecule has 0 atom stereocenters. The van der Waals surface area contributed by atoms with Crippen molar-refractivity contribution in [2.45, 2.75) is 26.2 Å². The van der Waals surface area contributed by atoms with Crippen LogP contribution < -0.4 is 0 Å². The van der Waals surface area contributed by atoms with Gasteiger partial charge in [-0.05, 0) is 128 Å². The molecule has 0 spiro atoms. The smallest absolute Gasteiger partial charge is 0.00137 e. The molecule has 10 rings (SSSR count). The van der Waals surface area contributed by atoms with Crippen LogP contribution in [0, 0.1) is 0 Å². The zero-order valence-corrected chi connectivity index (χ0v) is 26.3. The van der Waals surface area contributed by atoms with E-state index < -0.39 is 0 Å². The van der Waals surface area contributed by atoms with Crippen molar-refractivity contribution in [3.8, 4) is 44.5 Å². The van der Waals surface area contributed by atoms with E-state index in [2.05, 4.69) is 160 Å². The normalized spacial score (nSPS) is 12.7. The van der Waals surface area contributed by atoms with Gasteiger partial charge < -0.3 is 0 Å². The predicted molar refractivity (Wildman–Crippen MR) is 199 cm³/mol. The molecule has 0 aromatic heterocycles. The molecule has 1 aliphatic rings. The second-order valence-corrected chi connectivity index (χ2v) is 14.1. The number of hydrogen-bond donors (Lipinski definition) is 0. The summed E-state index contributed by atoms with van der Waals surface area (Å²) in [5, 5.41) is 13.4. The molecule has 1 aliphatic carbocycles. The molecule has 0 radical (unpaired) electrons. The Labute approximate surface area is 268 Å². The topological polar surface area (TPSA) is 0 Å². The van der Waals surface area contributed by atoms with Gasteiger partial charge in [-0.15, -0.1) is 0 Å². The van der Waals surface area contributed by atoms with Crippen LogP contribution in [0.1, 0.15) is 26.3 Å². The quantitative estimate of drug-likeness (QED) is 0.140. The maximum absolute atomic E-state index is 2.52. The van der Waals surface area contributed by atoms with Gasteiger partial charge in [0, 0.05) is 0 Å². The Bertz CT molecular complexity index is 2690. The molecule has 0 saturated carbocycles. The van der Waals surface area contributed by atoms with Crippen molar-refractivity contribution >= 4 is 53.9 Å². The van der Waals surface area contributed by atoms with Crippen LogP contribution in [0.4, 0.5) is 0 Å². The molecule has 216 valence electrons. The number of hydrogen-bond acceptors (Lipinski definition) is 0. The van der Waals surface area contributed by atoms with Crippen LogP contribution in [0.3, 0.4) is 0 Å². The summed E-state index contributed by atoms with van der Waals surface area (Å²) >= 11 is 0. The van der Waals surface area contributed by atoms with Crippen LogP contribution in [0.15, 0.2) is 140 Å². The number of rotatable bonds is 2. The molecule has 0 heteroatoms. The summed E-state index contributed by atoms with van der Waals surface area (Å²) in [5.41, 5.74) is 12.0. The third-order valence-electron chi connectivity index (χ3n) is 10.4. The first-order valence-electron chi connectivity index (χ1n) is 16.4. The van der Waals surface area contributed by atoms with E-state index in [0.717, 1.165) is 0 Å². The average Bonchev–Trinajstić information content (AvgIpc) is 3.39. The van der Waals surface area contributed by atoms with E-state index in [1.807, 2.05) is 0 Å². The zero-order chi connectivity index (χ0) is 30.7. The van der Waals surface area contributed by atoms with Crippen LogP contribution in [0.25, 0.3) is 98.4 Å². The minimum atomic E-state index is 0.0730. The van der Waals surface area contributed by atoms with Gasteiger partial charge in [0.2, 0.25) is 0 Å². The van der Waals surface area contributed by atoms with Gasteiger partial charge in [0.15, 0.2) is 0 Å². The zero-order valence-electron chi connectivity index (χ0n) is 26.3. The molecule has 46 heavy (non-hydrogen) atoms. The molecular weight excluding hydrogens is 553 g/mol. The summed E-state index contributed by atoms with van der Waals surface area (Å²) in [5.74, 6) is 0. The first-order valence-corrected chi connectivity index (χ1v) is 16.4. The van der Waals surface area contributed by atoms with Crippen LogP contribution in [-0.2, 0) is 5.41 Å². The van der Waals surface area contributed by atoms with E-state index >= 15 is 0 Å². The van der Waals surface area contributed by atoms with Gasteiger partial charge >= 0.3 is 0 Å². The van der Waals surface area contributed by atoms with E-state index in [-0.39, 0.29) is 5.41 Å². The van der Waals surface area contributed by atoms with E-state index in [0.29, 0.717) is 0 Å². The lowest BCUT2D eigenvalue weighted by molar-refractivity contribution is 0.591. The third-order valence-corrected chi connectivity index (χ3v) is 10.4. The fourth-order valence-electron chi connectivity index (χ4n) is 8.31. The van der Waals surface area contributed by atoms with Gasteiger partial charge in [-0.2, -0.15) is 0 Å². The van der Waals surface area contributed by atoms with Gasteiger partial charge in [0.05, 0.1) is 0 Å². The second-order valence-electron chi connectivity index (χ2n) is 14.1. The molecule has 9 aromatic rings. The summed E-state index contributed by atoms with van der Waals surface area (Å²) in [6, 6.07) is 52.6. The summed E-state index contributed by atoms with van der Waals surface area (Å²) in [4.78, 5) is 0. The van der Waals surface area contributed by atoms with Gasteiger partial charge in [-0.25, -0.2) is 0 Å². The molecule has 9 aromatic carbocycles. The molecular formula is C46H32. The van der Waals surface area contributed by atoms with Gasteiger partial charge in [-0.1, -0.05) is 142 Å². The Hall–Kier alpha value is -5.46. The Balaban J connectivity index is 1.40. The summed E-state index contributed by atoms with van der Waals surface area (Å²) < 4.78 is 0. The lowest BCUT2D eigenvalue weighted by Crippen LogP contribution is -2.10. The summed E-state index contributed by atoms with van der Waals surface area (Å²) in [6.45, 7) is 6.95. The minimum absolute atomic E-state index is 0.0730. The second kappa shape index (κ2) is 9.05.